The summed E-state index contributed by atoms with van der Waals surface area (Å²) in [6.07, 6.45) is 0.774. The molecular weight excluding hydrogens is 356 g/mol. The minimum atomic E-state index is -0.0836. The fourth-order valence-electron chi connectivity index (χ4n) is 3.66. The van der Waals surface area contributed by atoms with Gasteiger partial charge in [0.25, 0.3) is 11.5 Å². The van der Waals surface area contributed by atoms with Crippen molar-refractivity contribution < 1.29 is 14.3 Å². The Morgan fingerprint density at radius 3 is 2.39 bits per heavy atom. The lowest BCUT2D eigenvalue weighted by Crippen LogP contribution is -2.36. The third-order valence-corrected chi connectivity index (χ3v) is 5.25. The van der Waals surface area contributed by atoms with Crippen LogP contribution >= 0.6 is 0 Å². The number of rotatable bonds is 3. The van der Waals surface area contributed by atoms with Crippen molar-refractivity contribution in [2.75, 3.05) is 20.8 Å². The van der Waals surface area contributed by atoms with Crippen molar-refractivity contribution in [3.63, 3.8) is 0 Å². The zero-order valence-electron chi connectivity index (χ0n) is 16.2. The molecule has 1 aromatic heterocycles. The maximum absolute atomic E-state index is 13.1. The molecule has 0 unspecified atom stereocenters. The number of carbonyl (C=O) groups is 1. The summed E-state index contributed by atoms with van der Waals surface area (Å²) in [5.74, 6) is 1.10. The Bertz CT molecular complexity index is 1110. The monoisotopic (exact) mass is 378 g/mol. The molecule has 1 amide bonds. The summed E-state index contributed by atoms with van der Waals surface area (Å²) in [5, 5.41) is 1.02. The van der Waals surface area contributed by atoms with Crippen LogP contribution in [-0.4, -0.2) is 36.6 Å². The van der Waals surface area contributed by atoms with E-state index < -0.39 is 0 Å². The highest BCUT2D eigenvalue weighted by Gasteiger charge is 2.23. The van der Waals surface area contributed by atoms with Crippen LogP contribution in [0.25, 0.3) is 10.9 Å². The molecule has 144 valence electrons. The first-order valence-corrected chi connectivity index (χ1v) is 9.16. The molecule has 0 saturated heterocycles. The van der Waals surface area contributed by atoms with Crippen LogP contribution in [0.5, 0.6) is 11.5 Å². The SMILES string of the molecule is COc1cc(OC)cc(C(=O)N2CCc3cc4cc(C)c(=O)[nH]c4cc3C2)c1. The van der Waals surface area contributed by atoms with Crippen molar-refractivity contribution in [1.82, 2.24) is 9.88 Å². The van der Waals surface area contributed by atoms with Crippen LogP contribution in [-0.2, 0) is 13.0 Å². The van der Waals surface area contributed by atoms with Crippen LogP contribution in [0.3, 0.4) is 0 Å². The first-order valence-electron chi connectivity index (χ1n) is 9.16. The molecule has 3 aromatic rings. The number of aromatic amines is 1. The van der Waals surface area contributed by atoms with Crippen molar-refractivity contribution in [2.45, 2.75) is 19.9 Å². The van der Waals surface area contributed by atoms with E-state index in [9.17, 15) is 9.59 Å². The van der Waals surface area contributed by atoms with E-state index in [1.807, 2.05) is 17.0 Å². The highest BCUT2D eigenvalue weighted by molar-refractivity contribution is 5.95. The largest absolute Gasteiger partial charge is 0.497 e. The number of aryl methyl sites for hydroxylation is 1. The van der Waals surface area contributed by atoms with Gasteiger partial charge in [-0.15, -0.1) is 0 Å². The topological polar surface area (TPSA) is 71.6 Å². The summed E-state index contributed by atoms with van der Waals surface area (Å²) in [4.78, 5) is 29.7. The van der Waals surface area contributed by atoms with Gasteiger partial charge in [-0.25, -0.2) is 0 Å². The van der Waals surface area contributed by atoms with Crippen molar-refractivity contribution in [3.05, 3.63) is 69.0 Å². The molecule has 4 rings (SSSR count). The predicted molar refractivity (Wildman–Crippen MR) is 107 cm³/mol. The fraction of sp³-hybridized carbons (Fsp3) is 0.273. The number of ether oxygens (including phenoxy) is 2. The molecule has 1 aliphatic heterocycles. The third kappa shape index (κ3) is 3.22. The highest BCUT2D eigenvalue weighted by Crippen LogP contribution is 2.27. The van der Waals surface area contributed by atoms with E-state index in [0.29, 0.717) is 35.7 Å². The van der Waals surface area contributed by atoms with Gasteiger partial charge in [0.2, 0.25) is 0 Å². The van der Waals surface area contributed by atoms with E-state index in [1.54, 1.807) is 39.3 Å². The number of aromatic nitrogens is 1. The molecular formula is C22H22N2O4. The first-order chi connectivity index (χ1) is 13.5. The average Bonchev–Trinajstić information content (AvgIpc) is 2.72. The van der Waals surface area contributed by atoms with Crippen LogP contribution < -0.4 is 15.0 Å². The third-order valence-electron chi connectivity index (χ3n) is 5.25. The number of amides is 1. The van der Waals surface area contributed by atoms with Gasteiger partial charge in [0.15, 0.2) is 0 Å². The number of pyridine rings is 1. The normalized spacial score (nSPS) is 13.3. The summed E-state index contributed by atoms with van der Waals surface area (Å²) >= 11 is 0. The van der Waals surface area contributed by atoms with E-state index in [0.717, 1.165) is 22.9 Å². The molecule has 0 atom stereocenters. The van der Waals surface area contributed by atoms with E-state index in [-0.39, 0.29) is 11.5 Å². The Balaban J connectivity index is 1.66. The van der Waals surface area contributed by atoms with Crippen molar-refractivity contribution in [3.8, 4) is 11.5 Å². The zero-order valence-corrected chi connectivity index (χ0v) is 16.2. The lowest BCUT2D eigenvalue weighted by Gasteiger charge is -2.29. The van der Waals surface area contributed by atoms with Gasteiger partial charge in [0.1, 0.15) is 11.5 Å². The molecule has 0 saturated carbocycles. The number of carbonyl (C=O) groups excluding carboxylic acids is 1. The zero-order chi connectivity index (χ0) is 19.8. The molecule has 0 spiro atoms. The molecule has 1 aliphatic rings. The quantitative estimate of drug-likeness (QED) is 0.760. The van der Waals surface area contributed by atoms with E-state index in [1.165, 1.54) is 5.56 Å². The molecule has 6 heteroatoms. The Morgan fingerprint density at radius 1 is 1.00 bits per heavy atom. The van der Waals surface area contributed by atoms with Crippen LogP contribution in [0.15, 0.2) is 41.2 Å². The second-order valence-corrected chi connectivity index (χ2v) is 7.07. The molecule has 0 aliphatic carbocycles. The lowest BCUT2D eigenvalue weighted by molar-refractivity contribution is 0.0734. The summed E-state index contributed by atoms with van der Waals surface area (Å²) in [6, 6.07) is 11.2. The molecule has 2 heterocycles. The maximum Gasteiger partial charge on any atom is 0.254 e. The number of nitrogens with zero attached hydrogens (tertiary/aromatic N) is 1. The number of nitrogens with one attached hydrogen (secondary N) is 1. The van der Waals surface area contributed by atoms with Crippen molar-refractivity contribution in [1.29, 1.82) is 0 Å². The average molecular weight is 378 g/mol. The van der Waals surface area contributed by atoms with Crippen molar-refractivity contribution in [2.24, 2.45) is 0 Å². The van der Waals surface area contributed by atoms with Crippen LogP contribution in [0.4, 0.5) is 0 Å². The number of methoxy groups -OCH3 is 2. The van der Waals surface area contributed by atoms with Gasteiger partial charge < -0.3 is 19.4 Å². The summed E-state index contributed by atoms with van der Waals surface area (Å²) in [5.41, 5.74) is 4.22. The number of benzene rings is 2. The molecule has 2 aromatic carbocycles. The number of hydrogen-bond acceptors (Lipinski definition) is 4. The molecule has 0 radical (unpaired) electrons. The van der Waals surface area contributed by atoms with Crippen LogP contribution in [0, 0.1) is 6.92 Å². The van der Waals surface area contributed by atoms with E-state index in [4.69, 9.17) is 9.47 Å². The molecule has 1 N–H and O–H groups in total. The first kappa shape index (κ1) is 18.1. The second kappa shape index (κ2) is 7.03. The number of fused-ring (bicyclic) bond motifs is 2. The smallest absolute Gasteiger partial charge is 0.254 e. The van der Waals surface area contributed by atoms with Crippen LogP contribution in [0.2, 0.25) is 0 Å². The standard InChI is InChI=1S/C22H22N2O4/c1-13-6-15-7-14-4-5-24(12-17(14)10-20(15)23-21(13)25)22(26)16-8-18(27-2)11-19(9-16)28-3/h6-11H,4-5,12H2,1-3H3,(H,23,25). The molecule has 0 fully saturated rings. The van der Waals surface area contributed by atoms with Gasteiger partial charge in [-0.2, -0.15) is 0 Å². The Kier molecular flexibility index (Phi) is 4.55. The van der Waals surface area contributed by atoms with Crippen LogP contribution in [0.1, 0.15) is 27.0 Å². The minimum Gasteiger partial charge on any atom is -0.497 e. The van der Waals surface area contributed by atoms with Gasteiger partial charge in [0.05, 0.1) is 14.2 Å². The van der Waals surface area contributed by atoms with Gasteiger partial charge in [0, 0.05) is 35.8 Å². The summed E-state index contributed by atoms with van der Waals surface area (Å²) < 4.78 is 10.6. The minimum absolute atomic E-state index is 0.0691. The fourth-order valence-corrected chi connectivity index (χ4v) is 3.66. The number of hydrogen-bond donors (Lipinski definition) is 1. The Hall–Kier alpha value is -3.28. The lowest BCUT2D eigenvalue weighted by atomic mass is 9.96. The van der Waals surface area contributed by atoms with E-state index in [2.05, 4.69) is 11.1 Å². The Labute approximate surface area is 162 Å². The van der Waals surface area contributed by atoms with Gasteiger partial charge in [-0.3, -0.25) is 9.59 Å². The predicted octanol–water partition coefficient (Wildman–Crippen LogP) is 3.05. The molecule has 28 heavy (non-hydrogen) atoms. The Morgan fingerprint density at radius 2 is 1.71 bits per heavy atom. The van der Waals surface area contributed by atoms with Gasteiger partial charge >= 0.3 is 0 Å². The summed E-state index contributed by atoms with van der Waals surface area (Å²) in [6.45, 7) is 2.94. The maximum atomic E-state index is 13.1. The van der Waals surface area contributed by atoms with E-state index >= 15 is 0 Å². The molecule has 6 nitrogen and oxygen atoms in total. The molecule has 0 bridgehead atoms. The van der Waals surface area contributed by atoms with Gasteiger partial charge in [-0.1, -0.05) is 0 Å². The number of H-pyrrole nitrogens is 1. The van der Waals surface area contributed by atoms with Gasteiger partial charge in [-0.05, 0) is 60.2 Å². The highest BCUT2D eigenvalue weighted by atomic mass is 16.5. The summed E-state index contributed by atoms with van der Waals surface area (Å²) in [7, 11) is 3.13. The second-order valence-electron chi connectivity index (χ2n) is 7.07. The van der Waals surface area contributed by atoms with Crippen molar-refractivity contribution >= 4 is 16.8 Å².